The summed E-state index contributed by atoms with van der Waals surface area (Å²) in [6, 6.07) is 12.9. The Balaban J connectivity index is 1.18. The van der Waals surface area contributed by atoms with E-state index in [4.69, 9.17) is 32.7 Å². The third-order valence-electron chi connectivity index (χ3n) is 6.28. The van der Waals surface area contributed by atoms with Gasteiger partial charge in [0.25, 0.3) is 0 Å². The van der Waals surface area contributed by atoms with Gasteiger partial charge in [-0.05, 0) is 29.8 Å². The third kappa shape index (κ3) is 6.64. The minimum absolute atomic E-state index is 0.0877. The molecule has 0 atom stereocenters. The lowest BCUT2D eigenvalue weighted by molar-refractivity contribution is -0.130. The molecule has 1 amide bonds. The first-order valence-corrected chi connectivity index (χ1v) is 13.0. The van der Waals surface area contributed by atoms with Crippen molar-refractivity contribution in [1.29, 1.82) is 0 Å². The number of hydrogen-bond donors (Lipinski definition) is 0. The Morgan fingerprint density at radius 3 is 2.65 bits per heavy atom. The van der Waals surface area contributed by atoms with Crippen LogP contribution in [0.5, 0.6) is 5.75 Å². The van der Waals surface area contributed by atoms with Crippen LogP contribution in [0.15, 0.2) is 60.0 Å². The van der Waals surface area contributed by atoms with Gasteiger partial charge in [0.15, 0.2) is 11.6 Å². The van der Waals surface area contributed by atoms with E-state index in [0.717, 1.165) is 55.3 Å². The van der Waals surface area contributed by atoms with Gasteiger partial charge in [-0.2, -0.15) is 5.10 Å². The molecule has 2 aliphatic rings. The fourth-order valence-electron chi connectivity index (χ4n) is 4.29. The predicted molar refractivity (Wildman–Crippen MR) is 143 cm³/mol. The van der Waals surface area contributed by atoms with Gasteiger partial charge < -0.3 is 9.47 Å². The second-order valence-corrected chi connectivity index (χ2v) is 9.70. The van der Waals surface area contributed by atoms with E-state index in [1.807, 2.05) is 24.3 Å². The van der Waals surface area contributed by atoms with Crippen molar-refractivity contribution < 1.29 is 14.3 Å². The van der Waals surface area contributed by atoms with Gasteiger partial charge in [0.05, 0.1) is 44.3 Å². The average Bonchev–Trinajstić information content (AvgIpc) is 3.42. The molecule has 5 rings (SSSR count). The third-order valence-corrected chi connectivity index (χ3v) is 6.84. The molecular weight excluding hydrogens is 513 g/mol. The number of hydrogen-bond acceptors (Lipinski definition) is 7. The zero-order chi connectivity index (χ0) is 25.6. The number of benzene rings is 2. The second kappa shape index (κ2) is 12.0. The van der Waals surface area contributed by atoms with Crippen molar-refractivity contribution in [2.45, 2.75) is 12.8 Å². The van der Waals surface area contributed by atoms with Crippen molar-refractivity contribution in [3.63, 3.8) is 0 Å². The van der Waals surface area contributed by atoms with Crippen LogP contribution in [0, 0.1) is 0 Å². The molecule has 0 saturated carbocycles. The van der Waals surface area contributed by atoms with E-state index in [1.165, 1.54) is 5.01 Å². The maximum atomic E-state index is 13.0. The lowest BCUT2D eigenvalue weighted by atomic mass is 10.1. The molecular formula is C27H27Cl2N5O3. The summed E-state index contributed by atoms with van der Waals surface area (Å²) in [4.78, 5) is 24.2. The van der Waals surface area contributed by atoms with Crippen LogP contribution in [-0.2, 0) is 16.0 Å². The van der Waals surface area contributed by atoms with Gasteiger partial charge in [-0.15, -0.1) is 0 Å². The molecule has 1 aromatic heterocycles. The van der Waals surface area contributed by atoms with E-state index in [1.54, 1.807) is 30.6 Å². The number of amides is 1. The molecule has 37 heavy (non-hydrogen) atoms. The van der Waals surface area contributed by atoms with Crippen molar-refractivity contribution >= 4 is 34.8 Å². The standard InChI is InChI=1S/C27H27Cl2N5O3/c28-21-4-5-24(29)23(16-21)25-6-7-34(32-25)26(35)15-19-2-1-3-20(14-19)27-30-17-22(18-31-27)37-13-10-33-8-11-36-12-9-33/h1-5,14,16-18H,6-13,15H2. The second-order valence-electron chi connectivity index (χ2n) is 8.86. The molecule has 0 spiro atoms. The number of carbonyl (C=O) groups excluding carboxylic acids is 1. The molecule has 1 saturated heterocycles. The van der Waals surface area contributed by atoms with Crippen LogP contribution >= 0.6 is 23.2 Å². The number of rotatable bonds is 8. The van der Waals surface area contributed by atoms with Gasteiger partial charge in [0, 0.05) is 47.2 Å². The molecule has 8 nitrogen and oxygen atoms in total. The summed E-state index contributed by atoms with van der Waals surface area (Å²) in [7, 11) is 0. The first-order chi connectivity index (χ1) is 18.0. The van der Waals surface area contributed by atoms with Crippen LogP contribution < -0.4 is 4.74 Å². The van der Waals surface area contributed by atoms with Crippen molar-refractivity contribution in [3.05, 3.63) is 76.0 Å². The first kappa shape index (κ1) is 25.6. The fourth-order valence-corrected chi connectivity index (χ4v) is 4.69. The minimum atomic E-state index is -0.0877. The van der Waals surface area contributed by atoms with E-state index in [9.17, 15) is 4.79 Å². The Morgan fingerprint density at radius 1 is 1.03 bits per heavy atom. The molecule has 0 N–H and O–H groups in total. The molecule has 0 bridgehead atoms. The number of nitrogens with zero attached hydrogens (tertiary/aromatic N) is 5. The van der Waals surface area contributed by atoms with Crippen LogP contribution in [0.1, 0.15) is 17.5 Å². The largest absolute Gasteiger partial charge is 0.489 e. The van der Waals surface area contributed by atoms with Crippen LogP contribution in [0.4, 0.5) is 0 Å². The number of carbonyl (C=O) groups is 1. The van der Waals surface area contributed by atoms with Crippen LogP contribution in [-0.4, -0.2) is 77.5 Å². The summed E-state index contributed by atoms with van der Waals surface area (Å²) < 4.78 is 11.2. The van der Waals surface area contributed by atoms with Crippen LogP contribution in [0.25, 0.3) is 11.4 Å². The van der Waals surface area contributed by atoms with Crippen molar-refractivity contribution in [2.75, 3.05) is 46.0 Å². The maximum Gasteiger partial charge on any atom is 0.247 e. The summed E-state index contributed by atoms with van der Waals surface area (Å²) in [5.41, 5.74) is 3.22. The quantitative estimate of drug-likeness (QED) is 0.423. The van der Waals surface area contributed by atoms with E-state index in [-0.39, 0.29) is 12.3 Å². The monoisotopic (exact) mass is 539 g/mol. The Kier molecular flexibility index (Phi) is 8.31. The molecule has 0 radical (unpaired) electrons. The number of aromatic nitrogens is 2. The van der Waals surface area contributed by atoms with Gasteiger partial charge >= 0.3 is 0 Å². The molecule has 2 aliphatic heterocycles. The highest BCUT2D eigenvalue weighted by Crippen LogP contribution is 2.25. The molecule has 1 fully saturated rings. The Labute approximate surface area is 225 Å². The zero-order valence-electron chi connectivity index (χ0n) is 20.3. The van der Waals surface area contributed by atoms with Gasteiger partial charge in [0.1, 0.15) is 6.61 Å². The summed E-state index contributed by atoms with van der Waals surface area (Å²) in [5, 5.41) is 7.16. The van der Waals surface area contributed by atoms with Crippen molar-refractivity contribution in [2.24, 2.45) is 5.10 Å². The molecule has 0 unspecified atom stereocenters. The highest BCUT2D eigenvalue weighted by molar-refractivity contribution is 6.36. The molecule has 3 aromatic rings. The average molecular weight is 540 g/mol. The summed E-state index contributed by atoms with van der Waals surface area (Å²) >= 11 is 12.4. The summed E-state index contributed by atoms with van der Waals surface area (Å²) in [6.07, 6.45) is 4.21. The number of ether oxygens (including phenoxy) is 2. The van der Waals surface area contributed by atoms with E-state index in [2.05, 4.69) is 20.0 Å². The topological polar surface area (TPSA) is 80.1 Å². The predicted octanol–water partition coefficient (Wildman–Crippen LogP) is 4.34. The Bertz CT molecular complexity index is 1280. The van der Waals surface area contributed by atoms with Crippen molar-refractivity contribution in [3.8, 4) is 17.1 Å². The van der Waals surface area contributed by atoms with Crippen molar-refractivity contribution in [1.82, 2.24) is 19.9 Å². The molecule has 10 heteroatoms. The minimum Gasteiger partial charge on any atom is -0.489 e. The van der Waals surface area contributed by atoms with Crippen LogP contribution in [0.3, 0.4) is 0 Å². The van der Waals surface area contributed by atoms with E-state index >= 15 is 0 Å². The summed E-state index contributed by atoms with van der Waals surface area (Å²) in [6.45, 7) is 5.32. The maximum absolute atomic E-state index is 13.0. The smallest absolute Gasteiger partial charge is 0.247 e. The molecule has 3 heterocycles. The molecule has 0 aliphatic carbocycles. The number of morpholine rings is 1. The highest BCUT2D eigenvalue weighted by atomic mass is 35.5. The normalized spacial score (nSPS) is 16.1. The van der Waals surface area contributed by atoms with Gasteiger partial charge in [-0.25, -0.2) is 15.0 Å². The Morgan fingerprint density at radius 2 is 1.84 bits per heavy atom. The lowest BCUT2D eigenvalue weighted by Gasteiger charge is -2.26. The lowest BCUT2D eigenvalue weighted by Crippen LogP contribution is -2.38. The Hall–Kier alpha value is -3.04. The highest BCUT2D eigenvalue weighted by Gasteiger charge is 2.23. The van der Waals surface area contributed by atoms with E-state index in [0.29, 0.717) is 41.2 Å². The molecule has 2 aromatic carbocycles. The number of halogens is 2. The first-order valence-electron chi connectivity index (χ1n) is 12.2. The number of hydrazone groups is 1. The fraction of sp³-hybridized carbons (Fsp3) is 0.333. The zero-order valence-corrected chi connectivity index (χ0v) is 21.8. The van der Waals surface area contributed by atoms with Gasteiger partial charge in [-0.3, -0.25) is 9.69 Å². The summed E-state index contributed by atoms with van der Waals surface area (Å²) in [5.74, 6) is 1.12. The van der Waals surface area contributed by atoms with E-state index < -0.39 is 0 Å². The van der Waals surface area contributed by atoms with Crippen LogP contribution in [0.2, 0.25) is 10.0 Å². The van der Waals surface area contributed by atoms with Gasteiger partial charge in [-0.1, -0.05) is 41.4 Å². The molecule has 192 valence electrons. The van der Waals surface area contributed by atoms with Gasteiger partial charge in [0.2, 0.25) is 5.91 Å². The SMILES string of the molecule is O=C(Cc1cccc(-c2ncc(OCCN3CCOCC3)cn2)c1)N1CCC(c2cc(Cl)ccc2Cl)=N1.